The number of pyridine rings is 1. The number of nitrogens with zero attached hydrogens (tertiary/aromatic N) is 1. The molecule has 0 bridgehead atoms. The molecule has 0 fully saturated rings. The molecule has 0 aliphatic carbocycles. The van der Waals surface area contributed by atoms with Crippen LogP contribution in [-0.2, 0) is 6.54 Å². The number of benzene rings is 1. The molecule has 0 aliphatic rings. The van der Waals surface area contributed by atoms with Crippen LogP contribution < -0.4 is 10.6 Å². The lowest BCUT2D eigenvalue weighted by Gasteiger charge is -2.07. The average molecular weight is 334 g/mol. The van der Waals surface area contributed by atoms with Crippen molar-refractivity contribution in [3.63, 3.8) is 0 Å². The lowest BCUT2D eigenvalue weighted by Crippen LogP contribution is -2.31. The fourth-order valence-corrected chi connectivity index (χ4v) is 2.19. The Morgan fingerprint density at radius 2 is 2.10 bits per heavy atom. The Kier molecular flexibility index (Phi) is 5.70. The van der Waals surface area contributed by atoms with Gasteiger partial charge in [-0.15, -0.1) is 0 Å². The monoisotopic (exact) mass is 333 g/mol. The zero-order valence-electron chi connectivity index (χ0n) is 11.0. The highest BCUT2D eigenvalue weighted by atomic mass is 79.9. The van der Waals surface area contributed by atoms with Crippen LogP contribution in [0.4, 0.5) is 0 Å². The Morgan fingerprint density at radius 1 is 1.20 bits per heavy atom. The second-order valence-corrected chi connectivity index (χ2v) is 5.22. The molecule has 0 saturated heterocycles. The van der Waals surface area contributed by atoms with Gasteiger partial charge in [-0.25, -0.2) is 0 Å². The Balaban J connectivity index is 1.66. The van der Waals surface area contributed by atoms with Crippen LogP contribution in [0.2, 0.25) is 0 Å². The normalized spacial score (nSPS) is 10.2. The number of rotatable bonds is 6. The maximum Gasteiger partial charge on any atom is 0.252 e. The first-order chi connectivity index (χ1) is 9.75. The minimum Gasteiger partial charge on any atom is -0.351 e. The summed E-state index contributed by atoms with van der Waals surface area (Å²) in [6.07, 6.45) is 3.21. The molecule has 5 heteroatoms. The van der Waals surface area contributed by atoms with E-state index in [-0.39, 0.29) is 5.91 Å². The van der Waals surface area contributed by atoms with E-state index in [1.165, 1.54) is 5.56 Å². The lowest BCUT2D eigenvalue weighted by molar-refractivity contribution is 0.0953. The quantitative estimate of drug-likeness (QED) is 0.798. The summed E-state index contributed by atoms with van der Waals surface area (Å²) in [7, 11) is 0. The third kappa shape index (κ3) is 4.75. The summed E-state index contributed by atoms with van der Waals surface area (Å²) in [6, 6.07) is 11.6. The first-order valence-corrected chi connectivity index (χ1v) is 7.18. The summed E-state index contributed by atoms with van der Waals surface area (Å²) in [5.41, 5.74) is 1.79. The summed E-state index contributed by atoms with van der Waals surface area (Å²) in [4.78, 5) is 15.7. The molecule has 1 amide bonds. The van der Waals surface area contributed by atoms with E-state index in [2.05, 4.69) is 43.7 Å². The summed E-state index contributed by atoms with van der Waals surface area (Å²) in [6.45, 7) is 2.09. The van der Waals surface area contributed by atoms with Gasteiger partial charge in [0.15, 0.2) is 0 Å². The molecular formula is C15H16BrN3O. The molecule has 0 aliphatic heterocycles. The molecule has 1 aromatic heterocycles. The van der Waals surface area contributed by atoms with Crippen LogP contribution in [0.15, 0.2) is 53.3 Å². The fraction of sp³-hybridized carbons (Fsp3) is 0.200. The number of nitrogens with one attached hydrogen (secondary N) is 2. The number of hydrogen-bond acceptors (Lipinski definition) is 3. The van der Waals surface area contributed by atoms with Crippen LogP contribution in [0.3, 0.4) is 0 Å². The van der Waals surface area contributed by atoms with Crippen molar-refractivity contribution in [2.45, 2.75) is 6.54 Å². The van der Waals surface area contributed by atoms with Gasteiger partial charge in [0.2, 0.25) is 0 Å². The Labute approximate surface area is 126 Å². The van der Waals surface area contributed by atoms with Crippen LogP contribution in [-0.4, -0.2) is 24.0 Å². The zero-order valence-corrected chi connectivity index (χ0v) is 12.6. The van der Waals surface area contributed by atoms with Gasteiger partial charge in [-0.1, -0.05) is 28.1 Å². The molecule has 0 radical (unpaired) electrons. The molecule has 2 aromatic rings. The number of halogens is 1. The van der Waals surface area contributed by atoms with E-state index >= 15 is 0 Å². The van der Waals surface area contributed by atoms with Crippen molar-refractivity contribution in [2.24, 2.45) is 0 Å². The van der Waals surface area contributed by atoms with Gasteiger partial charge >= 0.3 is 0 Å². The number of carbonyl (C=O) groups excluding carboxylic acids is 1. The number of hydrogen-bond donors (Lipinski definition) is 2. The van der Waals surface area contributed by atoms with E-state index in [4.69, 9.17) is 0 Å². The predicted molar refractivity (Wildman–Crippen MR) is 82.4 cm³/mol. The molecule has 0 unspecified atom stereocenters. The molecule has 0 saturated carbocycles. The molecule has 20 heavy (non-hydrogen) atoms. The van der Waals surface area contributed by atoms with Crippen molar-refractivity contribution in [1.29, 1.82) is 0 Å². The van der Waals surface area contributed by atoms with E-state index in [1.54, 1.807) is 24.5 Å². The second kappa shape index (κ2) is 7.77. The summed E-state index contributed by atoms with van der Waals surface area (Å²) in [5.74, 6) is -0.0950. The van der Waals surface area contributed by atoms with Gasteiger partial charge in [0.25, 0.3) is 5.91 Å². The molecule has 0 atom stereocenters. The Morgan fingerprint density at radius 3 is 2.85 bits per heavy atom. The molecule has 4 nitrogen and oxygen atoms in total. The van der Waals surface area contributed by atoms with E-state index in [1.807, 2.05) is 12.1 Å². The molecule has 1 heterocycles. The van der Waals surface area contributed by atoms with Gasteiger partial charge in [0.1, 0.15) is 0 Å². The SMILES string of the molecule is O=C(NCCNCc1cccc(Br)c1)c1cccnc1. The molecular weight excluding hydrogens is 318 g/mol. The van der Waals surface area contributed by atoms with Crippen LogP contribution in [0.5, 0.6) is 0 Å². The molecule has 0 spiro atoms. The highest BCUT2D eigenvalue weighted by Crippen LogP contribution is 2.11. The Hall–Kier alpha value is -1.72. The smallest absolute Gasteiger partial charge is 0.252 e. The maximum atomic E-state index is 11.7. The van der Waals surface area contributed by atoms with Crippen molar-refractivity contribution < 1.29 is 4.79 Å². The highest BCUT2D eigenvalue weighted by Gasteiger charge is 2.03. The predicted octanol–water partition coefficient (Wildman–Crippen LogP) is 2.36. The minimum atomic E-state index is -0.0950. The van der Waals surface area contributed by atoms with Crippen molar-refractivity contribution in [3.8, 4) is 0 Å². The van der Waals surface area contributed by atoms with Gasteiger partial charge in [0, 0.05) is 36.5 Å². The first kappa shape index (κ1) is 14.7. The third-order valence-corrected chi connectivity index (χ3v) is 3.22. The fourth-order valence-electron chi connectivity index (χ4n) is 1.74. The Bertz CT molecular complexity index is 560. The van der Waals surface area contributed by atoms with Crippen molar-refractivity contribution in [1.82, 2.24) is 15.6 Å². The topological polar surface area (TPSA) is 54.0 Å². The van der Waals surface area contributed by atoms with Gasteiger partial charge in [-0.3, -0.25) is 9.78 Å². The van der Waals surface area contributed by atoms with Gasteiger partial charge in [-0.05, 0) is 29.8 Å². The summed E-state index contributed by atoms with van der Waals surface area (Å²) >= 11 is 3.44. The number of aromatic nitrogens is 1. The van der Waals surface area contributed by atoms with Crippen LogP contribution >= 0.6 is 15.9 Å². The van der Waals surface area contributed by atoms with E-state index < -0.39 is 0 Å². The zero-order chi connectivity index (χ0) is 14.2. The van der Waals surface area contributed by atoms with Crippen molar-refractivity contribution in [3.05, 3.63) is 64.4 Å². The number of amides is 1. The molecule has 2 N–H and O–H groups in total. The third-order valence-electron chi connectivity index (χ3n) is 2.73. The first-order valence-electron chi connectivity index (χ1n) is 6.39. The minimum absolute atomic E-state index is 0.0950. The van der Waals surface area contributed by atoms with Gasteiger partial charge < -0.3 is 10.6 Å². The van der Waals surface area contributed by atoms with Crippen LogP contribution in [0, 0.1) is 0 Å². The van der Waals surface area contributed by atoms with Crippen LogP contribution in [0.25, 0.3) is 0 Å². The second-order valence-electron chi connectivity index (χ2n) is 4.30. The average Bonchev–Trinajstić information content (AvgIpc) is 2.48. The van der Waals surface area contributed by atoms with E-state index in [9.17, 15) is 4.79 Å². The maximum absolute atomic E-state index is 11.7. The summed E-state index contributed by atoms with van der Waals surface area (Å²) < 4.78 is 1.07. The van der Waals surface area contributed by atoms with Crippen molar-refractivity contribution >= 4 is 21.8 Å². The molecule has 1 aromatic carbocycles. The van der Waals surface area contributed by atoms with Crippen molar-refractivity contribution in [2.75, 3.05) is 13.1 Å². The lowest BCUT2D eigenvalue weighted by atomic mass is 10.2. The van der Waals surface area contributed by atoms with Crippen LogP contribution in [0.1, 0.15) is 15.9 Å². The van der Waals surface area contributed by atoms with E-state index in [0.29, 0.717) is 12.1 Å². The highest BCUT2D eigenvalue weighted by molar-refractivity contribution is 9.10. The molecule has 104 valence electrons. The van der Waals surface area contributed by atoms with Gasteiger partial charge in [0.05, 0.1) is 5.56 Å². The largest absolute Gasteiger partial charge is 0.351 e. The van der Waals surface area contributed by atoms with Gasteiger partial charge in [-0.2, -0.15) is 0 Å². The standard InChI is InChI=1S/C15H16BrN3O/c16-14-5-1-3-12(9-14)10-18-7-8-19-15(20)13-4-2-6-17-11-13/h1-6,9,11,18H,7-8,10H2,(H,19,20). The molecule has 2 rings (SSSR count). The van der Waals surface area contributed by atoms with E-state index in [0.717, 1.165) is 17.6 Å². The summed E-state index contributed by atoms with van der Waals surface area (Å²) in [5, 5.41) is 6.13. The number of carbonyl (C=O) groups is 1.